The summed E-state index contributed by atoms with van der Waals surface area (Å²) in [5.41, 5.74) is 1.75. The maximum atomic E-state index is 5.91. The normalized spacial score (nSPS) is 12.4. The molecule has 4 N–H and O–H groups in total. The molecule has 0 bridgehead atoms. The summed E-state index contributed by atoms with van der Waals surface area (Å²) in [7, 11) is 3.32. The molecular formula is C22H30N4O3S2. The van der Waals surface area contributed by atoms with E-state index in [4.69, 9.17) is 38.6 Å². The van der Waals surface area contributed by atoms with E-state index in [0.29, 0.717) is 23.4 Å². The molecule has 0 radical (unpaired) electrons. The zero-order chi connectivity index (χ0) is 22.6. The van der Waals surface area contributed by atoms with Crippen LogP contribution in [0.1, 0.15) is 13.8 Å². The Labute approximate surface area is 194 Å². The monoisotopic (exact) mass is 462 g/mol. The van der Waals surface area contributed by atoms with Gasteiger partial charge < -0.3 is 35.5 Å². The van der Waals surface area contributed by atoms with E-state index >= 15 is 0 Å². The van der Waals surface area contributed by atoms with Crippen LogP contribution in [0.5, 0.6) is 11.5 Å². The third-order valence-corrected chi connectivity index (χ3v) is 4.49. The van der Waals surface area contributed by atoms with Crippen molar-refractivity contribution in [3.8, 4) is 11.5 Å². The molecule has 2 rings (SSSR count). The molecule has 0 aliphatic heterocycles. The first kappa shape index (κ1) is 24.8. The van der Waals surface area contributed by atoms with E-state index in [2.05, 4.69) is 21.3 Å². The van der Waals surface area contributed by atoms with Crippen LogP contribution in [0.3, 0.4) is 0 Å². The zero-order valence-corrected chi connectivity index (χ0v) is 19.9. The smallest absolute Gasteiger partial charge is 0.171 e. The fraction of sp³-hybridized carbons (Fsp3) is 0.364. The van der Waals surface area contributed by atoms with Gasteiger partial charge >= 0.3 is 0 Å². The van der Waals surface area contributed by atoms with Gasteiger partial charge in [-0.15, -0.1) is 0 Å². The number of rotatable bonds is 10. The minimum Gasteiger partial charge on any atom is -0.457 e. The fourth-order valence-electron chi connectivity index (χ4n) is 2.71. The highest BCUT2D eigenvalue weighted by Crippen LogP contribution is 2.24. The first-order valence-electron chi connectivity index (χ1n) is 9.90. The Balaban J connectivity index is 1.83. The van der Waals surface area contributed by atoms with Crippen molar-refractivity contribution in [1.82, 2.24) is 10.6 Å². The van der Waals surface area contributed by atoms with Gasteiger partial charge in [-0.05, 0) is 86.8 Å². The molecule has 2 atom stereocenters. The molecule has 168 valence electrons. The van der Waals surface area contributed by atoms with Gasteiger partial charge in [0.25, 0.3) is 0 Å². The fourth-order valence-corrected chi connectivity index (χ4v) is 3.35. The van der Waals surface area contributed by atoms with E-state index in [1.165, 1.54) is 0 Å². The largest absolute Gasteiger partial charge is 0.457 e. The molecular weight excluding hydrogens is 432 g/mol. The Morgan fingerprint density at radius 3 is 1.39 bits per heavy atom. The van der Waals surface area contributed by atoms with Gasteiger partial charge in [0.05, 0.1) is 13.2 Å². The third kappa shape index (κ3) is 9.48. The van der Waals surface area contributed by atoms with Crippen LogP contribution in [0.15, 0.2) is 48.5 Å². The second-order valence-electron chi connectivity index (χ2n) is 7.06. The SMILES string of the molecule is COCC(C)NC(=S)Nc1ccc(Oc2ccc(NC(=S)NC(C)COC)cc2)cc1. The Hall–Kier alpha value is -2.46. The quantitative estimate of drug-likeness (QED) is 0.390. The summed E-state index contributed by atoms with van der Waals surface area (Å²) in [5.74, 6) is 1.45. The van der Waals surface area contributed by atoms with Gasteiger partial charge in [-0.3, -0.25) is 0 Å². The van der Waals surface area contributed by atoms with Gasteiger partial charge in [-0.25, -0.2) is 0 Å². The molecule has 0 amide bonds. The van der Waals surface area contributed by atoms with Crippen molar-refractivity contribution in [3.63, 3.8) is 0 Å². The number of hydrogen-bond donors (Lipinski definition) is 4. The van der Waals surface area contributed by atoms with E-state index in [0.717, 1.165) is 22.9 Å². The number of benzene rings is 2. The molecule has 0 aliphatic carbocycles. The van der Waals surface area contributed by atoms with Crippen LogP contribution >= 0.6 is 24.4 Å². The number of anilines is 2. The summed E-state index contributed by atoms with van der Waals surface area (Å²) in [6, 6.07) is 15.4. The van der Waals surface area contributed by atoms with Gasteiger partial charge in [0.2, 0.25) is 0 Å². The third-order valence-electron chi connectivity index (χ3n) is 4.05. The first-order chi connectivity index (χ1) is 14.9. The summed E-state index contributed by atoms with van der Waals surface area (Å²) in [6.07, 6.45) is 0. The van der Waals surface area contributed by atoms with E-state index in [9.17, 15) is 0 Å². The molecule has 7 nitrogen and oxygen atoms in total. The Bertz CT molecular complexity index is 762. The molecule has 0 saturated heterocycles. The zero-order valence-electron chi connectivity index (χ0n) is 18.2. The van der Waals surface area contributed by atoms with E-state index in [-0.39, 0.29) is 12.1 Å². The summed E-state index contributed by atoms with van der Waals surface area (Å²) in [4.78, 5) is 0. The van der Waals surface area contributed by atoms with Crippen molar-refractivity contribution >= 4 is 46.0 Å². The minimum atomic E-state index is 0.129. The summed E-state index contributed by atoms with van der Waals surface area (Å²) in [5, 5.41) is 13.7. The van der Waals surface area contributed by atoms with Crippen LogP contribution in [0.4, 0.5) is 11.4 Å². The lowest BCUT2D eigenvalue weighted by Crippen LogP contribution is -2.38. The lowest BCUT2D eigenvalue weighted by molar-refractivity contribution is 0.179. The van der Waals surface area contributed by atoms with Crippen LogP contribution in [-0.4, -0.2) is 49.7 Å². The highest BCUT2D eigenvalue weighted by molar-refractivity contribution is 7.80. The van der Waals surface area contributed by atoms with Crippen molar-refractivity contribution in [2.75, 3.05) is 38.1 Å². The molecule has 0 aromatic heterocycles. The Kier molecular flexibility index (Phi) is 10.5. The molecule has 31 heavy (non-hydrogen) atoms. The van der Waals surface area contributed by atoms with Gasteiger partial charge in [-0.2, -0.15) is 0 Å². The first-order valence-corrected chi connectivity index (χ1v) is 10.7. The molecule has 0 heterocycles. The average molecular weight is 463 g/mol. The number of hydrogen-bond acceptors (Lipinski definition) is 5. The van der Waals surface area contributed by atoms with Crippen molar-refractivity contribution in [3.05, 3.63) is 48.5 Å². The maximum absolute atomic E-state index is 5.91. The molecule has 0 saturated carbocycles. The number of thiocarbonyl (C=S) groups is 2. The van der Waals surface area contributed by atoms with Crippen molar-refractivity contribution in [2.24, 2.45) is 0 Å². The predicted octanol–water partition coefficient (Wildman–Crippen LogP) is 4.12. The summed E-state index contributed by atoms with van der Waals surface area (Å²) >= 11 is 10.6. The van der Waals surface area contributed by atoms with Gasteiger partial charge in [-0.1, -0.05) is 0 Å². The van der Waals surface area contributed by atoms with Crippen LogP contribution in [-0.2, 0) is 9.47 Å². The number of nitrogens with one attached hydrogen (secondary N) is 4. The average Bonchev–Trinajstić information content (AvgIpc) is 2.71. The molecule has 0 fully saturated rings. The second-order valence-corrected chi connectivity index (χ2v) is 7.88. The molecule has 0 aliphatic rings. The molecule has 9 heteroatoms. The van der Waals surface area contributed by atoms with Crippen molar-refractivity contribution in [1.29, 1.82) is 0 Å². The van der Waals surface area contributed by atoms with Crippen LogP contribution in [0.25, 0.3) is 0 Å². The Morgan fingerprint density at radius 1 is 0.710 bits per heavy atom. The van der Waals surface area contributed by atoms with E-state index in [1.54, 1.807) is 14.2 Å². The predicted molar refractivity (Wildman–Crippen MR) is 134 cm³/mol. The highest BCUT2D eigenvalue weighted by atomic mass is 32.1. The van der Waals surface area contributed by atoms with Crippen molar-refractivity contribution in [2.45, 2.75) is 25.9 Å². The lowest BCUT2D eigenvalue weighted by Gasteiger charge is -2.16. The second kappa shape index (κ2) is 13.1. The topological polar surface area (TPSA) is 75.8 Å². The van der Waals surface area contributed by atoms with Gasteiger partial charge in [0, 0.05) is 37.7 Å². The number of methoxy groups -OCH3 is 2. The van der Waals surface area contributed by atoms with Crippen LogP contribution < -0.4 is 26.0 Å². The van der Waals surface area contributed by atoms with Gasteiger partial charge in [0.15, 0.2) is 10.2 Å². The molecule has 0 spiro atoms. The highest BCUT2D eigenvalue weighted by Gasteiger charge is 2.06. The lowest BCUT2D eigenvalue weighted by atomic mass is 10.3. The number of ether oxygens (including phenoxy) is 3. The van der Waals surface area contributed by atoms with Crippen LogP contribution in [0.2, 0.25) is 0 Å². The van der Waals surface area contributed by atoms with E-state index < -0.39 is 0 Å². The molecule has 2 aromatic rings. The standard InChI is InChI=1S/C22H30N4O3S2/c1-15(13-27-3)23-21(30)25-17-5-9-19(10-6-17)29-20-11-7-18(8-12-20)26-22(31)24-16(2)14-28-4/h5-12,15-16H,13-14H2,1-4H3,(H2,23,25,30)(H2,24,26,31). The summed E-state index contributed by atoms with van der Waals surface area (Å²) in [6.45, 7) is 5.17. The maximum Gasteiger partial charge on any atom is 0.171 e. The summed E-state index contributed by atoms with van der Waals surface area (Å²) < 4.78 is 16.1. The minimum absolute atomic E-state index is 0.129. The van der Waals surface area contributed by atoms with Crippen LogP contribution in [0, 0.1) is 0 Å². The van der Waals surface area contributed by atoms with E-state index in [1.807, 2.05) is 62.4 Å². The Morgan fingerprint density at radius 2 is 1.06 bits per heavy atom. The molecule has 2 unspecified atom stereocenters. The van der Waals surface area contributed by atoms with Gasteiger partial charge in [0.1, 0.15) is 11.5 Å². The molecule has 2 aromatic carbocycles. The van der Waals surface area contributed by atoms with Crippen molar-refractivity contribution < 1.29 is 14.2 Å².